The van der Waals surface area contributed by atoms with Crippen LogP contribution in [0.2, 0.25) is 0 Å². The average molecular weight is 341 g/mol. The summed E-state index contributed by atoms with van der Waals surface area (Å²) in [4.78, 5) is 19.7. The minimum Gasteiger partial charge on any atom is -0.335 e. The molecule has 0 saturated carbocycles. The number of benzene rings is 2. The third-order valence-electron chi connectivity index (χ3n) is 6.02. The number of hydrogen-bond acceptors (Lipinski definition) is 3. The van der Waals surface area contributed by atoms with Crippen LogP contribution in [0.15, 0.2) is 41.4 Å². The molecule has 1 fully saturated rings. The van der Waals surface area contributed by atoms with Crippen LogP contribution >= 0.6 is 0 Å². The maximum atomic E-state index is 13.2. The van der Waals surface area contributed by atoms with E-state index >= 15 is 0 Å². The van der Waals surface area contributed by atoms with Crippen molar-refractivity contribution in [3.05, 3.63) is 64.2 Å². The van der Waals surface area contributed by atoms with E-state index in [0.29, 0.717) is 11.5 Å². The number of piperidine rings is 1. The van der Waals surface area contributed by atoms with Gasteiger partial charge in [0.2, 0.25) is 0 Å². The summed E-state index contributed by atoms with van der Waals surface area (Å²) in [6.07, 6.45) is 5.74. The summed E-state index contributed by atoms with van der Waals surface area (Å²) >= 11 is 0. The molecular weight excluding hydrogens is 322 g/mol. The number of carbonyl (C=O) groups excluding carboxylic acids is 1. The van der Waals surface area contributed by atoms with E-state index in [-0.39, 0.29) is 11.9 Å². The molecule has 26 heavy (non-hydrogen) atoms. The molecular formula is C22H19N3O. The zero-order valence-corrected chi connectivity index (χ0v) is 14.5. The molecule has 2 aromatic carbocycles. The minimum atomic E-state index is 0.109. The molecule has 4 nitrogen and oxygen atoms in total. The van der Waals surface area contributed by atoms with E-state index in [2.05, 4.69) is 22.0 Å². The van der Waals surface area contributed by atoms with E-state index in [1.54, 1.807) is 0 Å². The van der Waals surface area contributed by atoms with Crippen LogP contribution in [0.5, 0.6) is 0 Å². The number of nitrogens with zero attached hydrogens (tertiary/aromatic N) is 3. The molecule has 1 amide bonds. The third-order valence-corrected chi connectivity index (χ3v) is 6.02. The van der Waals surface area contributed by atoms with Crippen molar-refractivity contribution < 1.29 is 4.79 Å². The van der Waals surface area contributed by atoms with Gasteiger partial charge in [0.1, 0.15) is 0 Å². The number of aliphatic imine (C=N–C) groups is 1. The molecule has 128 valence electrons. The van der Waals surface area contributed by atoms with E-state index in [9.17, 15) is 10.1 Å². The van der Waals surface area contributed by atoms with Crippen LogP contribution in [0, 0.1) is 11.3 Å². The molecule has 0 spiro atoms. The van der Waals surface area contributed by atoms with Crippen molar-refractivity contribution in [2.45, 2.75) is 37.6 Å². The smallest absolute Gasteiger partial charge is 0.254 e. The Hall–Kier alpha value is -2.93. The molecule has 4 heteroatoms. The molecule has 1 saturated heterocycles. The van der Waals surface area contributed by atoms with Gasteiger partial charge in [-0.3, -0.25) is 9.79 Å². The Morgan fingerprint density at radius 3 is 2.96 bits per heavy atom. The first-order valence-corrected chi connectivity index (χ1v) is 9.24. The number of carbonyl (C=O) groups is 1. The summed E-state index contributed by atoms with van der Waals surface area (Å²) in [5.41, 5.74) is 6.12. The molecule has 0 radical (unpaired) electrons. The quantitative estimate of drug-likeness (QED) is 0.793. The lowest BCUT2D eigenvalue weighted by Gasteiger charge is -2.38. The van der Waals surface area contributed by atoms with Crippen molar-refractivity contribution in [2.24, 2.45) is 4.99 Å². The first-order chi connectivity index (χ1) is 12.7. The van der Waals surface area contributed by atoms with Gasteiger partial charge in [-0.1, -0.05) is 12.1 Å². The van der Waals surface area contributed by atoms with Crippen molar-refractivity contribution in [3.63, 3.8) is 0 Å². The number of fused-ring (bicyclic) bond motifs is 4. The van der Waals surface area contributed by atoms with Crippen LogP contribution in [0.1, 0.15) is 51.4 Å². The topological polar surface area (TPSA) is 56.5 Å². The van der Waals surface area contributed by atoms with Crippen molar-refractivity contribution in [1.82, 2.24) is 4.90 Å². The third kappa shape index (κ3) is 2.28. The summed E-state index contributed by atoms with van der Waals surface area (Å²) in [5, 5.41) is 9.20. The SMILES string of the molecule is N#Cc1ccc2c(c1)[C@H]1CCCN(C(=O)c3ccc4c(c3)N=CC4)[C@H]1C2. The molecule has 0 N–H and O–H groups in total. The molecule has 0 unspecified atom stereocenters. The Labute approximate surface area is 152 Å². The molecule has 2 heterocycles. The molecule has 3 aliphatic rings. The second kappa shape index (κ2) is 5.81. The van der Waals surface area contributed by atoms with E-state index in [1.165, 1.54) is 16.7 Å². The second-order valence-electron chi connectivity index (χ2n) is 7.40. The summed E-state index contributed by atoms with van der Waals surface area (Å²) in [7, 11) is 0. The highest BCUT2D eigenvalue weighted by molar-refractivity contribution is 5.96. The normalized spacial score (nSPS) is 22.5. The predicted molar refractivity (Wildman–Crippen MR) is 100.0 cm³/mol. The Kier molecular flexibility index (Phi) is 3.43. The molecule has 5 rings (SSSR count). The highest BCUT2D eigenvalue weighted by Gasteiger charge is 2.41. The average Bonchev–Trinajstić information content (AvgIpc) is 3.30. The lowest BCUT2D eigenvalue weighted by molar-refractivity contribution is 0.0595. The standard InChI is InChI=1S/C22H19N3O/c23-13-14-3-4-16-12-21-18(19(16)10-14)2-1-9-25(21)22(26)17-6-5-15-7-8-24-20(15)11-17/h3-6,8,10-11,18,21H,1-2,7,9,12H2/t18-,21+/m1/s1. The van der Waals surface area contributed by atoms with E-state index < -0.39 is 0 Å². The largest absolute Gasteiger partial charge is 0.335 e. The van der Waals surface area contributed by atoms with Crippen molar-refractivity contribution in [2.75, 3.05) is 6.54 Å². The van der Waals surface area contributed by atoms with Gasteiger partial charge in [-0.05, 0) is 60.2 Å². The van der Waals surface area contributed by atoms with Crippen LogP contribution in [0.3, 0.4) is 0 Å². The minimum absolute atomic E-state index is 0.109. The molecule has 2 atom stereocenters. The van der Waals surface area contributed by atoms with Gasteiger partial charge >= 0.3 is 0 Å². The highest BCUT2D eigenvalue weighted by atomic mass is 16.2. The lowest BCUT2D eigenvalue weighted by Crippen LogP contribution is -2.46. The zero-order chi connectivity index (χ0) is 17.7. The Morgan fingerprint density at radius 1 is 1.19 bits per heavy atom. The number of amides is 1. The van der Waals surface area contributed by atoms with Crippen LogP contribution in [-0.4, -0.2) is 29.6 Å². The van der Waals surface area contributed by atoms with Gasteiger partial charge in [0.25, 0.3) is 5.91 Å². The summed E-state index contributed by atoms with van der Waals surface area (Å²) in [6, 6.07) is 14.3. The first kappa shape index (κ1) is 15.3. The first-order valence-electron chi connectivity index (χ1n) is 9.24. The fourth-order valence-electron chi connectivity index (χ4n) is 4.74. The van der Waals surface area contributed by atoms with E-state index in [0.717, 1.165) is 43.5 Å². The summed E-state index contributed by atoms with van der Waals surface area (Å²) in [5.74, 6) is 0.460. The molecule has 2 aliphatic heterocycles. The van der Waals surface area contributed by atoms with Gasteiger partial charge in [0, 0.05) is 36.7 Å². The molecule has 0 bridgehead atoms. The predicted octanol–water partition coefficient (Wildman–Crippen LogP) is 3.76. The van der Waals surface area contributed by atoms with Gasteiger partial charge in [0.05, 0.1) is 17.3 Å². The van der Waals surface area contributed by atoms with E-state index in [1.807, 2.05) is 36.5 Å². The van der Waals surface area contributed by atoms with Gasteiger partial charge in [-0.25, -0.2) is 0 Å². The molecule has 1 aliphatic carbocycles. The number of nitriles is 1. The number of likely N-dealkylation sites (tertiary alicyclic amines) is 1. The summed E-state index contributed by atoms with van der Waals surface area (Å²) < 4.78 is 0. The fraction of sp³-hybridized carbons (Fsp3) is 0.318. The monoisotopic (exact) mass is 341 g/mol. The zero-order valence-electron chi connectivity index (χ0n) is 14.5. The van der Waals surface area contributed by atoms with Crippen LogP contribution in [0.4, 0.5) is 5.69 Å². The fourth-order valence-corrected chi connectivity index (χ4v) is 4.74. The second-order valence-corrected chi connectivity index (χ2v) is 7.40. The maximum absolute atomic E-state index is 13.2. The van der Waals surface area contributed by atoms with Crippen molar-refractivity contribution in [3.8, 4) is 6.07 Å². The lowest BCUT2D eigenvalue weighted by atomic mass is 9.87. The Balaban J connectivity index is 1.46. The van der Waals surface area contributed by atoms with Gasteiger partial charge < -0.3 is 4.90 Å². The summed E-state index contributed by atoms with van der Waals surface area (Å²) in [6.45, 7) is 0.805. The Bertz CT molecular complexity index is 985. The molecule has 2 aromatic rings. The van der Waals surface area contributed by atoms with Crippen LogP contribution in [0.25, 0.3) is 0 Å². The van der Waals surface area contributed by atoms with Gasteiger partial charge in [-0.2, -0.15) is 5.26 Å². The van der Waals surface area contributed by atoms with Gasteiger partial charge in [0.15, 0.2) is 0 Å². The maximum Gasteiger partial charge on any atom is 0.254 e. The highest BCUT2D eigenvalue weighted by Crippen LogP contribution is 2.43. The molecule has 0 aromatic heterocycles. The van der Waals surface area contributed by atoms with Crippen molar-refractivity contribution >= 4 is 17.8 Å². The number of hydrogen-bond donors (Lipinski definition) is 0. The van der Waals surface area contributed by atoms with Crippen LogP contribution < -0.4 is 0 Å². The van der Waals surface area contributed by atoms with Gasteiger partial charge in [-0.15, -0.1) is 0 Å². The number of rotatable bonds is 1. The van der Waals surface area contributed by atoms with Crippen molar-refractivity contribution in [1.29, 1.82) is 5.26 Å². The van der Waals surface area contributed by atoms with Crippen LogP contribution in [-0.2, 0) is 12.8 Å². The van der Waals surface area contributed by atoms with E-state index in [4.69, 9.17) is 0 Å². The Morgan fingerprint density at radius 2 is 2.08 bits per heavy atom.